The number of rotatable bonds is 7. The Morgan fingerprint density at radius 2 is 1.55 bits per heavy atom. The summed E-state index contributed by atoms with van der Waals surface area (Å²) in [5, 5.41) is 14.7. The molecule has 0 spiro atoms. The standard InChI is InChI=1S/C35H28N4S/c1-2-22-19-27(36)15-16-32(22)39-33-13-7-12-28-29-20-26(14-17-34(29)40-35(28)33)31(38)21-30(37)25-11-6-10-24(18-25)23-8-4-3-5-9-23/h2-21,38-39H,1,36-37H2/b30-21-,38-31?. The van der Waals surface area contributed by atoms with Gasteiger partial charge >= 0.3 is 0 Å². The minimum absolute atomic E-state index is 0.371. The smallest absolute Gasteiger partial charge is 0.0633 e. The van der Waals surface area contributed by atoms with Crippen LogP contribution in [0.3, 0.4) is 0 Å². The van der Waals surface area contributed by atoms with E-state index in [1.807, 2.05) is 54.6 Å². The molecule has 0 aliphatic heterocycles. The second kappa shape index (κ2) is 10.6. The first kappa shape index (κ1) is 25.2. The highest BCUT2D eigenvalue weighted by Crippen LogP contribution is 2.40. The third-order valence-electron chi connectivity index (χ3n) is 6.98. The summed E-state index contributed by atoms with van der Waals surface area (Å²) < 4.78 is 2.32. The second-order valence-electron chi connectivity index (χ2n) is 9.63. The van der Waals surface area contributed by atoms with Gasteiger partial charge in [0.15, 0.2) is 0 Å². The van der Waals surface area contributed by atoms with E-state index < -0.39 is 0 Å². The summed E-state index contributed by atoms with van der Waals surface area (Å²) in [6, 6.07) is 36.5. The summed E-state index contributed by atoms with van der Waals surface area (Å²) in [6.45, 7) is 3.93. The number of benzene rings is 5. The first-order chi connectivity index (χ1) is 19.5. The van der Waals surface area contributed by atoms with Crippen LogP contribution in [-0.2, 0) is 0 Å². The van der Waals surface area contributed by atoms with Crippen molar-refractivity contribution in [1.29, 1.82) is 5.41 Å². The highest BCUT2D eigenvalue weighted by molar-refractivity contribution is 7.26. The maximum Gasteiger partial charge on any atom is 0.0633 e. The molecule has 5 heteroatoms. The number of anilines is 3. The van der Waals surface area contributed by atoms with Crippen LogP contribution < -0.4 is 16.8 Å². The zero-order valence-corrected chi connectivity index (χ0v) is 22.6. The minimum atomic E-state index is 0.371. The fourth-order valence-electron chi connectivity index (χ4n) is 4.90. The number of thiophene rings is 1. The fraction of sp³-hybridized carbons (Fsp3) is 0. The van der Waals surface area contributed by atoms with Gasteiger partial charge < -0.3 is 22.2 Å². The number of nitrogens with two attached hydrogens (primary N) is 2. The Balaban J connectivity index is 1.32. The molecule has 0 radical (unpaired) electrons. The van der Waals surface area contributed by atoms with Crippen LogP contribution in [0.4, 0.5) is 17.1 Å². The van der Waals surface area contributed by atoms with Crippen molar-refractivity contribution < 1.29 is 0 Å². The van der Waals surface area contributed by atoms with Crippen LogP contribution >= 0.6 is 11.3 Å². The van der Waals surface area contributed by atoms with E-state index in [1.165, 1.54) is 0 Å². The summed E-state index contributed by atoms with van der Waals surface area (Å²) >= 11 is 1.73. The van der Waals surface area contributed by atoms with E-state index in [0.717, 1.165) is 59.4 Å². The molecule has 0 aliphatic carbocycles. The average Bonchev–Trinajstić information content (AvgIpc) is 3.37. The van der Waals surface area contributed by atoms with Gasteiger partial charge in [0.1, 0.15) is 0 Å². The van der Waals surface area contributed by atoms with Gasteiger partial charge in [0.25, 0.3) is 0 Å². The SMILES string of the molecule is C=Cc1cc(N)ccc1Nc1cccc2c1sc1ccc(C(=N)/C=C(\N)c3cccc(-c4ccccc4)c3)cc12. The fourth-order valence-corrected chi connectivity index (χ4v) is 6.06. The van der Waals surface area contributed by atoms with Gasteiger partial charge in [0, 0.05) is 38.1 Å². The lowest BCUT2D eigenvalue weighted by Gasteiger charge is -2.11. The normalized spacial score (nSPS) is 11.6. The summed E-state index contributed by atoms with van der Waals surface area (Å²) in [5.74, 6) is 0. The van der Waals surface area contributed by atoms with E-state index in [0.29, 0.717) is 17.1 Å². The third-order valence-corrected chi connectivity index (χ3v) is 8.20. The van der Waals surface area contributed by atoms with Crippen molar-refractivity contribution in [2.75, 3.05) is 11.1 Å². The molecule has 0 saturated carbocycles. The maximum atomic E-state index is 8.83. The van der Waals surface area contributed by atoms with Gasteiger partial charge in [-0.05, 0) is 70.8 Å². The highest BCUT2D eigenvalue weighted by Gasteiger charge is 2.12. The predicted molar refractivity (Wildman–Crippen MR) is 174 cm³/mol. The van der Waals surface area contributed by atoms with E-state index in [4.69, 9.17) is 16.9 Å². The van der Waals surface area contributed by atoms with Crippen molar-refractivity contribution >= 4 is 66.1 Å². The summed E-state index contributed by atoms with van der Waals surface area (Å²) in [7, 11) is 0. The van der Waals surface area contributed by atoms with Gasteiger partial charge in [-0.25, -0.2) is 0 Å². The molecule has 6 aromatic rings. The molecule has 4 nitrogen and oxygen atoms in total. The Morgan fingerprint density at radius 1 is 0.750 bits per heavy atom. The molecule has 1 heterocycles. The van der Waals surface area contributed by atoms with Crippen molar-refractivity contribution in [3.8, 4) is 11.1 Å². The lowest BCUT2D eigenvalue weighted by atomic mass is 10.00. The quantitative estimate of drug-likeness (QED) is 0.121. The Kier molecular flexibility index (Phi) is 6.64. The molecule has 0 unspecified atom stereocenters. The largest absolute Gasteiger partial charge is 0.399 e. The number of nitrogens with one attached hydrogen (secondary N) is 2. The second-order valence-corrected chi connectivity index (χ2v) is 10.7. The van der Waals surface area contributed by atoms with Crippen LogP contribution in [0.5, 0.6) is 0 Å². The average molecular weight is 537 g/mol. The molecular formula is C35H28N4S. The van der Waals surface area contributed by atoms with Crippen molar-refractivity contribution in [2.24, 2.45) is 5.73 Å². The van der Waals surface area contributed by atoms with E-state index in [2.05, 4.69) is 66.5 Å². The van der Waals surface area contributed by atoms with Gasteiger partial charge in [-0.1, -0.05) is 79.4 Å². The first-order valence-electron chi connectivity index (χ1n) is 13.0. The molecule has 1 aromatic heterocycles. The molecule has 0 bridgehead atoms. The summed E-state index contributed by atoms with van der Waals surface area (Å²) in [5.41, 5.74) is 21.0. The molecule has 0 fully saturated rings. The molecule has 5 aromatic carbocycles. The Morgan fingerprint density at radius 3 is 2.38 bits per heavy atom. The van der Waals surface area contributed by atoms with E-state index >= 15 is 0 Å². The van der Waals surface area contributed by atoms with Crippen LogP contribution in [0.15, 0.2) is 122 Å². The van der Waals surface area contributed by atoms with Crippen molar-refractivity contribution in [2.45, 2.75) is 0 Å². The number of hydrogen-bond acceptors (Lipinski definition) is 5. The molecular weight excluding hydrogens is 508 g/mol. The zero-order valence-electron chi connectivity index (χ0n) is 21.8. The molecule has 0 amide bonds. The number of allylic oxidation sites excluding steroid dienone is 1. The van der Waals surface area contributed by atoms with Crippen molar-refractivity contribution in [1.82, 2.24) is 0 Å². The maximum absolute atomic E-state index is 8.83. The van der Waals surface area contributed by atoms with Crippen LogP contribution in [0.1, 0.15) is 16.7 Å². The van der Waals surface area contributed by atoms with E-state index in [1.54, 1.807) is 23.5 Å². The first-order valence-corrected chi connectivity index (χ1v) is 13.8. The van der Waals surface area contributed by atoms with Crippen molar-refractivity contribution in [3.05, 3.63) is 139 Å². The molecule has 194 valence electrons. The Bertz CT molecular complexity index is 1930. The molecule has 40 heavy (non-hydrogen) atoms. The lowest BCUT2D eigenvalue weighted by molar-refractivity contribution is 1.47. The summed E-state index contributed by atoms with van der Waals surface area (Å²) in [4.78, 5) is 0. The Labute approximate surface area is 237 Å². The molecule has 0 aliphatic rings. The molecule has 6 N–H and O–H groups in total. The Hall–Kier alpha value is -5.13. The topological polar surface area (TPSA) is 87.9 Å². The van der Waals surface area contributed by atoms with Gasteiger partial charge in [0.05, 0.1) is 16.1 Å². The zero-order chi connectivity index (χ0) is 27.6. The van der Waals surface area contributed by atoms with Gasteiger partial charge in [-0.2, -0.15) is 0 Å². The molecule has 0 saturated heterocycles. The van der Waals surface area contributed by atoms with E-state index in [-0.39, 0.29) is 0 Å². The van der Waals surface area contributed by atoms with Gasteiger partial charge in [0.2, 0.25) is 0 Å². The summed E-state index contributed by atoms with van der Waals surface area (Å²) in [6.07, 6.45) is 3.55. The van der Waals surface area contributed by atoms with Crippen LogP contribution in [0, 0.1) is 5.41 Å². The van der Waals surface area contributed by atoms with Crippen LogP contribution in [-0.4, -0.2) is 5.71 Å². The number of nitrogen functional groups attached to an aromatic ring is 1. The predicted octanol–water partition coefficient (Wildman–Crippen LogP) is 9.06. The lowest BCUT2D eigenvalue weighted by Crippen LogP contribution is -2.02. The van der Waals surface area contributed by atoms with Crippen molar-refractivity contribution in [3.63, 3.8) is 0 Å². The molecule has 0 atom stereocenters. The third kappa shape index (κ3) is 4.86. The molecule has 6 rings (SSSR count). The van der Waals surface area contributed by atoms with Crippen LogP contribution in [0.25, 0.3) is 43.1 Å². The van der Waals surface area contributed by atoms with E-state index in [9.17, 15) is 0 Å². The minimum Gasteiger partial charge on any atom is -0.399 e. The van der Waals surface area contributed by atoms with Gasteiger partial charge in [-0.15, -0.1) is 11.3 Å². The van der Waals surface area contributed by atoms with Crippen LogP contribution in [0.2, 0.25) is 0 Å². The van der Waals surface area contributed by atoms with Gasteiger partial charge in [-0.3, -0.25) is 0 Å². The number of hydrogen-bond donors (Lipinski definition) is 4. The monoisotopic (exact) mass is 536 g/mol. The highest BCUT2D eigenvalue weighted by atomic mass is 32.1. The number of fused-ring (bicyclic) bond motifs is 3.